The molecule has 0 aliphatic heterocycles. The molecule has 1 aromatic heterocycles. The fraction of sp³-hybridized carbons (Fsp3) is 0.214. The first-order valence-corrected chi connectivity index (χ1v) is 8.26. The number of pyridine rings is 1. The van der Waals surface area contributed by atoms with E-state index in [4.69, 9.17) is 34.8 Å². The minimum atomic E-state index is 0.452. The molecule has 0 aliphatic rings. The Morgan fingerprint density at radius 3 is 2.43 bits per heavy atom. The highest BCUT2D eigenvalue weighted by molar-refractivity contribution is 9.10. The molecule has 0 spiro atoms. The number of benzene rings is 1. The molecule has 0 radical (unpaired) electrons. The lowest BCUT2D eigenvalue weighted by atomic mass is 10.3. The zero-order chi connectivity index (χ0) is 15.4. The largest absolute Gasteiger partial charge is 0.369 e. The van der Waals surface area contributed by atoms with Crippen LogP contribution in [0.1, 0.15) is 13.3 Å². The van der Waals surface area contributed by atoms with Gasteiger partial charge >= 0.3 is 0 Å². The van der Waals surface area contributed by atoms with Crippen molar-refractivity contribution in [3.05, 3.63) is 43.8 Å². The lowest BCUT2D eigenvalue weighted by Crippen LogP contribution is -2.04. The molecule has 112 valence electrons. The minimum Gasteiger partial charge on any atom is -0.369 e. The molecular formula is C14H13BrCl3N3. The predicted octanol–water partition coefficient (Wildman–Crippen LogP) is 6.37. The lowest BCUT2D eigenvalue weighted by molar-refractivity contribution is 0.970. The first kappa shape index (κ1) is 16.7. The molecular weight excluding hydrogens is 396 g/mol. The van der Waals surface area contributed by atoms with E-state index in [1.807, 2.05) is 12.1 Å². The van der Waals surface area contributed by atoms with E-state index in [0.717, 1.165) is 23.1 Å². The topological polar surface area (TPSA) is 37.0 Å². The van der Waals surface area contributed by atoms with Crippen LogP contribution in [-0.2, 0) is 0 Å². The van der Waals surface area contributed by atoms with Crippen LogP contribution in [-0.4, -0.2) is 11.5 Å². The minimum absolute atomic E-state index is 0.452. The van der Waals surface area contributed by atoms with E-state index < -0.39 is 0 Å². The molecule has 0 atom stereocenters. The second-order valence-corrected chi connectivity index (χ2v) is 6.41. The Morgan fingerprint density at radius 1 is 1.05 bits per heavy atom. The van der Waals surface area contributed by atoms with E-state index in [1.54, 1.807) is 12.1 Å². The number of aromatic nitrogens is 1. The summed E-state index contributed by atoms with van der Waals surface area (Å²) >= 11 is 21.7. The van der Waals surface area contributed by atoms with Gasteiger partial charge in [-0.1, -0.05) is 41.7 Å². The van der Waals surface area contributed by atoms with Crippen LogP contribution in [0, 0.1) is 0 Å². The molecule has 1 aromatic carbocycles. The van der Waals surface area contributed by atoms with Gasteiger partial charge in [-0.25, -0.2) is 4.98 Å². The van der Waals surface area contributed by atoms with Gasteiger partial charge in [0.05, 0.1) is 15.1 Å². The molecule has 2 rings (SSSR count). The Kier molecular flexibility index (Phi) is 5.99. The summed E-state index contributed by atoms with van der Waals surface area (Å²) in [7, 11) is 0. The smallest absolute Gasteiger partial charge is 0.151 e. The van der Waals surface area contributed by atoms with Crippen LogP contribution in [0.25, 0.3) is 0 Å². The molecule has 0 bridgehead atoms. The maximum Gasteiger partial charge on any atom is 0.151 e. The summed E-state index contributed by atoms with van der Waals surface area (Å²) in [6, 6.07) is 7.16. The van der Waals surface area contributed by atoms with E-state index in [0.29, 0.717) is 26.7 Å². The van der Waals surface area contributed by atoms with Gasteiger partial charge in [0.1, 0.15) is 5.82 Å². The van der Waals surface area contributed by atoms with Crippen molar-refractivity contribution in [1.82, 2.24) is 4.98 Å². The number of nitrogens with zero attached hydrogens (tertiary/aromatic N) is 1. The molecule has 0 unspecified atom stereocenters. The van der Waals surface area contributed by atoms with Gasteiger partial charge in [0.15, 0.2) is 5.82 Å². The number of anilines is 3. The molecule has 2 aromatic rings. The highest BCUT2D eigenvalue weighted by Crippen LogP contribution is 2.32. The lowest BCUT2D eigenvalue weighted by Gasteiger charge is -2.12. The van der Waals surface area contributed by atoms with Crippen molar-refractivity contribution in [3.63, 3.8) is 0 Å². The number of rotatable bonds is 5. The molecule has 0 fully saturated rings. The van der Waals surface area contributed by atoms with E-state index in [1.165, 1.54) is 0 Å². The second-order valence-electron chi connectivity index (χ2n) is 4.33. The molecule has 1 heterocycles. The summed E-state index contributed by atoms with van der Waals surface area (Å²) in [6.45, 7) is 2.86. The molecule has 0 amide bonds. The molecule has 2 N–H and O–H groups in total. The Balaban J connectivity index is 2.28. The molecule has 0 aliphatic carbocycles. The summed E-state index contributed by atoms with van der Waals surface area (Å²) in [5.74, 6) is 1.15. The SMILES string of the molecule is CCCNc1nc(Nc2ccc(Cl)c(Br)c2)c(Cl)cc1Cl. The van der Waals surface area contributed by atoms with Crippen LogP contribution in [0.3, 0.4) is 0 Å². The first-order valence-electron chi connectivity index (χ1n) is 6.33. The van der Waals surface area contributed by atoms with Crippen molar-refractivity contribution in [2.24, 2.45) is 0 Å². The summed E-state index contributed by atoms with van der Waals surface area (Å²) in [4.78, 5) is 4.42. The number of hydrogen-bond acceptors (Lipinski definition) is 3. The maximum atomic E-state index is 6.18. The Hall–Kier alpha value is -0.680. The van der Waals surface area contributed by atoms with Gasteiger partial charge in [-0.2, -0.15) is 0 Å². The Bertz CT molecular complexity index is 650. The zero-order valence-electron chi connectivity index (χ0n) is 11.2. The van der Waals surface area contributed by atoms with E-state index in [2.05, 4.69) is 38.5 Å². The van der Waals surface area contributed by atoms with E-state index in [-0.39, 0.29) is 0 Å². The summed E-state index contributed by atoms with van der Waals surface area (Å²) in [5, 5.41) is 7.91. The average molecular weight is 410 g/mol. The molecule has 0 saturated carbocycles. The highest BCUT2D eigenvalue weighted by atomic mass is 79.9. The van der Waals surface area contributed by atoms with Crippen LogP contribution >= 0.6 is 50.7 Å². The van der Waals surface area contributed by atoms with Crippen LogP contribution in [0.4, 0.5) is 17.3 Å². The molecule has 21 heavy (non-hydrogen) atoms. The fourth-order valence-corrected chi connectivity index (χ4v) is 2.60. The van der Waals surface area contributed by atoms with Crippen molar-refractivity contribution in [2.45, 2.75) is 13.3 Å². The third kappa shape index (κ3) is 4.39. The van der Waals surface area contributed by atoms with Crippen molar-refractivity contribution in [2.75, 3.05) is 17.2 Å². The summed E-state index contributed by atoms with van der Waals surface area (Å²) < 4.78 is 0.795. The van der Waals surface area contributed by atoms with E-state index in [9.17, 15) is 0 Å². The summed E-state index contributed by atoms with van der Waals surface area (Å²) in [5.41, 5.74) is 0.824. The van der Waals surface area contributed by atoms with Crippen molar-refractivity contribution in [1.29, 1.82) is 0 Å². The van der Waals surface area contributed by atoms with Crippen LogP contribution in [0.5, 0.6) is 0 Å². The van der Waals surface area contributed by atoms with Gasteiger partial charge in [0.2, 0.25) is 0 Å². The third-order valence-corrected chi connectivity index (χ3v) is 4.44. The monoisotopic (exact) mass is 407 g/mol. The van der Waals surface area contributed by atoms with Crippen molar-refractivity contribution in [3.8, 4) is 0 Å². The zero-order valence-corrected chi connectivity index (χ0v) is 15.0. The molecule has 7 heteroatoms. The molecule has 0 saturated heterocycles. The van der Waals surface area contributed by atoms with Gasteiger partial charge in [-0.05, 0) is 46.6 Å². The number of halogens is 4. The molecule has 3 nitrogen and oxygen atoms in total. The van der Waals surface area contributed by atoms with Gasteiger partial charge < -0.3 is 10.6 Å². The fourth-order valence-electron chi connectivity index (χ4n) is 1.63. The third-order valence-electron chi connectivity index (χ3n) is 2.65. The van der Waals surface area contributed by atoms with Crippen molar-refractivity contribution >= 4 is 68.1 Å². The predicted molar refractivity (Wildman–Crippen MR) is 95.5 cm³/mol. The Morgan fingerprint density at radius 2 is 1.76 bits per heavy atom. The first-order chi connectivity index (χ1) is 10.0. The number of nitrogens with one attached hydrogen (secondary N) is 2. The van der Waals surface area contributed by atoms with E-state index >= 15 is 0 Å². The summed E-state index contributed by atoms with van der Waals surface area (Å²) in [6.07, 6.45) is 0.980. The van der Waals surface area contributed by atoms with Crippen molar-refractivity contribution < 1.29 is 0 Å². The highest BCUT2D eigenvalue weighted by Gasteiger charge is 2.10. The van der Waals surface area contributed by atoms with Gasteiger partial charge in [-0.15, -0.1) is 0 Å². The van der Waals surface area contributed by atoms with Crippen LogP contribution < -0.4 is 10.6 Å². The average Bonchev–Trinajstić information content (AvgIpc) is 2.44. The van der Waals surface area contributed by atoms with Gasteiger partial charge in [0, 0.05) is 16.7 Å². The number of hydrogen-bond donors (Lipinski definition) is 2. The normalized spacial score (nSPS) is 10.5. The maximum absolute atomic E-state index is 6.18. The van der Waals surface area contributed by atoms with Crippen LogP contribution in [0.2, 0.25) is 15.1 Å². The second kappa shape index (κ2) is 7.54. The Labute approximate surface area is 147 Å². The van der Waals surface area contributed by atoms with Gasteiger partial charge in [0.25, 0.3) is 0 Å². The standard InChI is InChI=1S/C14H13BrCl3N3/c1-2-5-19-13-11(17)7-12(18)14(21-13)20-8-3-4-10(16)9(15)6-8/h3-4,6-7H,2,5H2,1H3,(H2,19,20,21). The van der Waals surface area contributed by atoms with Gasteiger partial charge in [-0.3, -0.25) is 0 Å². The quantitative estimate of drug-likeness (QED) is 0.602. The van der Waals surface area contributed by atoms with Crippen LogP contribution in [0.15, 0.2) is 28.7 Å².